The van der Waals surface area contributed by atoms with Crippen molar-refractivity contribution >= 4 is 7.85 Å². The Morgan fingerprint density at radius 3 is 1.90 bits per heavy atom. The standard InChI is InChI=1S/C20H37B/c1-10-17(20(8,9)21)15-19(6,7)16(2)13-11-12-14-18(3,4)5/h10-12,16-17H,1,13-15H2,2-9H3/b12-11+. The molecule has 0 amide bonds. The lowest BCUT2D eigenvalue weighted by Crippen LogP contribution is -2.28. The molecule has 0 heterocycles. The van der Waals surface area contributed by atoms with Gasteiger partial charge in [-0.2, -0.15) is 0 Å². The third-order valence-electron chi connectivity index (χ3n) is 4.71. The molecule has 0 aliphatic heterocycles. The number of hydrogen-bond donors (Lipinski definition) is 0. The Labute approximate surface area is 135 Å². The maximum absolute atomic E-state index is 6.28. The summed E-state index contributed by atoms with van der Waals surface area (Å²) >= 11 is 0. The molecule has 120 valence electrons. The van der Waals surface area contributed by atoms with Crippen LogP contribution in [-0.4, -0.2) is 7.85 Å². The van der Waals surface area contributed by atoms with Crippen LogP contribution in [0.25, 0.3) is 0 Å². The van der Waals surface area contributed by atoms with Crippen LogP contribution in [0.2, 0.25) is 5.31 Å². The molecule has 2 unspecified atom stereocenters. The molecule has 0 nitrogen and oxygen atoms in total. The van der Waals surface area contributed by atoms with Gasteiger partial charge in [-0.15, -0.1) is 6.58 Å². The molecule has 0 N–H and O–H groups in total. The summed E-state index contributed by atoms with van der Waals surface area (Å²) in [5, 5.41) is -0.194. The van der Waals surface area contributed by atoms with Crippen LogP contribution in [-0.2, 0) is 0 Å². The van der Waals surface area contributed by atoms with Gasteiger partial charge >= 0.3 is 0 Å². The predicted octanol–water partition coefficient (Wildman–Crippen LogP) is 6.59. The zero-order chi connectivity index (χ0) is 16.9. The Hall–Kier alpha value is -0.455. The second-order valence-electron chi connectivity index (χ2n) is 9.23. The average Bonchev–Trinajstić information content (AvgIpc) is 2.28. The molecule has 0 saturated carbocycles. The summed E-state index contributed by atoms with van der Waals surface area (Å²) in [5.41, 5.74) is 0.647. The normalized spacial score (nSPS) is 17.0. The molecule has 2 atom stereocenters. The molecule has 0 saturated heterocycles. The van der Waals surface area contributed by atoms with Gasteiger partial charge in [-0.1, -0.05) is 78.9 Å². The first kappa shape index (κ1) is 20.5. The van der Waals surface area contributed by atoms with Crippen LogP contribution in [0.3, 0.4) is 0 Å². The summed E-state index contributed by atoms with van der Waals surface area (Å²) in [6.07, 6.45) is 10.1. The van der Waals surface area contributed by atoms with Gasteiger partial charge in [-0.25, -0.2) is 0 Å². The van der Waals surface area contributed by atoms with Crippen molar-refractivity contribution in [2.45, 2.75) is 80.0 Å². The van der Waals surface area contributed by atoms with Crippen molar-refractivity contribution in [1.29, 1.82) is 0 Å². The fourth-order valence-corrected chi connectivity index (χ4v) is 2.47. The Balaban J connectivity index is 4.58. The van der Waals surface area contributed by atoms with Gasteiger partial charge < -0.3 is 0 Å². The van der Waals surface area contributed by atoms with Crippen LogP contribution < -0.4 is 0 Å². The van der Waals surface area contributed by atoms with E-state index in [1.807, 2.05) is 6.08 Å². The van der Waals surface area contributed by atoms with Gasteiger partial charge in [0.25, 0.3) is 0 Å². The Kier molecular flexibility index (Phi) is 7.53. The molecular weight excluding hydrogens is 251 g/mol. The summed E-state index contributed by atoms with van der Waals surface area (Å²) in [5.74, 6) is 0.993. The van der Waals surface area contributed by atoms with E-state index in [1.54, 1.807) is 0 Å². The number of allylic oxidation sites excluding steroid dienone is 3. The van der Waals surface area contributed by atoms with E-state index in [0.29, 0.717) is 17.3 Å². The smallest absolute Gasteiger partial charge is 0.0746 e. The zero-order valence-electron chi connectivity index (χ0n) is 15.8. The van der Waals surface area contributed by atoms with Crippen molar-refractivity contribution in [3.63, 3.8) is 0 Å². The van der Waals surface area contributed by atoms with E-state index in [1.165, 1.54) is 0 Å². The topological polar surface area (TPSA) is 0 Å². The Morgan fingerprint density at radius 1 is 1.00 bits per heavy atom. The van der Waals surface area contributed by atoms with E-state index in [0.717, 1.165) is 19.3 Å². The Bertz CT molecular complexity index is 336. The monoisotopic (exact) mass is 288 g/mol. The third-order valence-corrected chi connectivity index (χ3v) is 4.71. The highest BCUT2D eigenvalue weighted by Crippen LogP contribution is 2.43. The molecule has 2 radical (unpaired) electrons. The maximum Gasteiger partial charge on any atom is 0.0746 e. The summed E-state index contributed by atoms with van der Waals surface area (Å²) in [6, 6.07) is 0. The molecular formula is C20H37B. The lowest BCUT2D eigenvalue weighted by Gasteiger charge is -2.39. The van der Waals surface area contributed by atoms with Crippen molar-refractivity contribution in [2.24, 2.45) is 22.7 Å². The number of rotatable bonds is 8. The van der Waals surface area contributed by atoms with Crippen molar-refractivity contribution in [1.82, 2.24) is 0 Å². The zero-order valence-corrected chi connectivity index (χ0v) is 15.8. The first-order valence-electron chi connectivity index (χ1n) is 8.36. The molecule has 0 aromatic heterocycles. The van der Waals surface area contributed by atoms with E-state index in [4.69, 9.17) is 7.85 Å². The van der Waals surface area contributed by atoms with Gasteiger partial charge in [0.2, 0.25) is 0 Å². The molecule has 0 spiro atoms. The van der Waals surface area contributed by atoms with Crippen molar-refractivity contribution in [3.05, 3.63) is 24.8 Å². The van der Waals surface area contributed by atoms with Crippen molar-refractivity contribution in [2.75, 3.05) is 0 Å². The molecule has 0 aliphatic carbocycles. The maximum atomic E-state index is 6.28. The molecule has 0 aromatic carbocycles. The van der Waals surface area contributed by atoms with Gasteiger partial charge in [-0.05, 0) is 41.9 Å². The summed E-state index contributed by atoms with van der Waals surface area (Å²) < 4.78 is 0. The summed E-state index contributed by atoms with van der Waals surface area (Å²) in [7, 11) is 6.28. The van der Waals surface area contributed by atoms with Crippen LogP contribution >= 0.6 is 0 Å². The highest BCUT2D eigenvalue weighted by atomic mass is 14.4. The minimum Gasteiger partial charge on any atom is -0.103 e. The van der Waals surface area contributed by atoms with Crippen LogP contribution in [0.15, 0.2) is 24.8 Å². The SMILES string of the molecule is [B]C(C)(C)C(C=C)CC(C)(C)C(C)C/C=C/CC(C)(C)C. The second kappa shape index (κ2) is 7.70. The Morgan fingerprint density at radius 2 is 1.52 bits per heavy atom. The quantitative estimate of drug-likeness (QED) is 0.349. The second-order valence-corrected chi connectivity index (χ2v) is 9.23. The summed E-state index contributed by atoms with van der Waals surface area (Å²) in [4.78, 5) is 0. The van der Waals surface area contributed by atoms with E-state index in [2.05, 4.69) is 74.1 Å². The first-order chi connectivity index (χ1) is 9.29. The van der Waals surface area contributed by atoms with Gasteiger partial charge in [0.15, 0.2) is 0 Å². The lowest BCUT2D eigenvalue weighted by molar-refractivity contribution is 0.176. The molecule has 0 bridgehead atoms. The minimum atomic E-state index is -0.194. The van der Waals surface area contributed by atoms with Gasteiger partial charge in [-0.3, -0.25) is 0 Å². The van der Waals surface area contributed by atoms with Crippen molar-refractivity contribution in [3.8, 4) is 0 Å². The van der Waals surface area contributed by atoms with Crippen molar-refractivity contribution < 1.29 is 0 Å². The van der Waals surface area contributed by atoms with E-state index in [-0.39, 0.29) is 10.7 Å². The third kappa shape index (κ3) is 8.54. The molecule has 0 fully saturated rings. The van der Waals surface area contributed by atoms with Crippen LogP contribution in [0.1, 0.15) is 74.7 Å². The fourth-order valence-electron chi connectivity index (χ4n) is 2.47. The first-order valence-corrected chi connectivity index (χ1v) is 8.36. The molecule has 1 heteroatoms. The summed E-state index contributed by atoms with van der Waals surface area (Å²) in [6.45, 7) is 22.1. The largest absolute Gasteiger partial charge is 0.103 e. The van der Waals surface area contributed by atoms with Crippen LogP contribution in [0.4, 0.5) is 0 Å². The lowest BCUT2D eigenvalue weighted by atomic mass is 9.58. The van der Waals surface area contributed by atoms with Gasteiger partial charge in [0, 0.05) is 0 Å². The van der Waals surface area contributed by atoms with Crippen LogP contribution in [0.5, 0.6) is 0 Å². The highest BCUT2D eigenvalue weighted by Gasteiger charge is 2.32. The van der Waals surface area contributed by atoms with E-state index < -0.39 is 0 Å². The van der Waals surface area contributed by atoms with Gasteiger partial charge in [0.1, 0.15) is 0 Å². The van der Waals surface area contributed by atoms with E-state index in [9.17, 15) is 0 Å². The molecule has 0 aromatic rings. The fraction of sp³-hybridized carbons (Fsp3) is 0.800. The van der Waals surface area contributed by atoms with Gasteiger partial charge in [0.05, 0.1) is 7.85 Å². The average molecular weight is 288 g/mol. The molecule has 0 aliphatic rings. The van der Waals surface area contributed by atoms with E-state index >= 15 is 0 Å². The predicted molar refractivity (Wildman–Crippen MR) is 98.9 cm³/mol. The molecule has 0 rings (SSSR count). The minimum absolute atomic E-state index is 0.194. The number of hydrogen-bond acceptors (Lipinski definition) is 0. The highest BCUT2D eigenvalue weighted by molar-refractivity contribution is 6.14. The molecule has 21 heavy (non-hydrogen) atoms. The van der Waals surface area contributed by atoms with Crippen LogP contribution in [0, 0.1) is 22.7 Å².